The molecule has 1 heterocycles. The molecule has 4 aromatic rings. The Bertz CT molecular complexity index is 1520. The molecular weight excluding hydrogens is 506 g/mol. The number of benzene rings is 3. The zero-order valence-corrected chi connectivity index (χ0v) is 22.2. The molecule has 6 nitrogen and oxygen atoms in total. The van der Waals surface area contributed by atoms with E-state index in [1.54, 1.807) is 0 Å². The summed E-state index contributed by atoms with van der Waals surface area (Å²) in [7, 11) is -2.28. The van der Waals surface area contributed by atoms with E-state index in [1.807, 2.05) is 72.8 Å². The Kier molecular flexibility index (Phi) is 7.29. The second kappa shape index (κ2) is 10.6. The third-order valence-electron chi connectivity index (χ3n) is 6.89. The van der Waals surface area contributed by atoms with Crippen molar-refractivity contribution in [1.82, 2.24) is 9.78 Å². The lowest BCUT2D eigenvalue weighted by Crippen LogP contribution is -2.25. The third-order valence-corrected chi connectivity index (χ3v) is 8.06. The molecule has 1 aromatic heterocycles. The highest BCUT2D eigenvalue weighted by Crippen LogP contribution is 2.40. The maximum atomic E-state index is 13.8. The van der Waals surface area contributed by atoms with Gasteiger partial charge in [0.2, 0.25) is 10.0 Å². The fourth-order valence-corrected chi connectivity index (χ4v) is 5.10. The molecule has 1 fully saturated rings. The van der Waals surface area contributed by atoms with E-state index in [0.717, 1.165) is 33.7 Å². The third kappa shape index (κ3) is 5.62. The van der Waals surface area contributed by atoms with Crippen LogP contribution in [0.3, 0.4) is 0 Å². The highest BCUT2D eigenvalue weighted by Gasteiger charge is 2.27. The van der Waals surface area contributed by atoms with E-state index >= 15 is 0 Å². The summed E-state index contributed by atoms with van der Waals surface area (Å²) in [6, 6.07) is 23.1. The molecule has 0 N–H and O–H groups in total. The maximum Gasteiger partial charge on any atom is 0.257 e. The van der Waals surface area contributed by atoms with Crippen molar-refractivity contribution < 1.29 is 17.2 Å². The van der Waals surface area contributed by atoms with Gasteiger partial charge in [0.25, 0.3) is 6.43 Å². The summed E-state index contributed by atoms with van der Waals surface area (Å²) in [5, 5.41) is 4.98. The van der Waals surface area contributed by atoms with Gasteiger partial charge in [0.15, 0.2) is 5.82 Å². The minimum absolute atomic E-state index is 0.145. The number of aliphatic imine (C=N–C) groups is 1. The van der Waals surface area contributed by atoms with Crippen molar-refractivity contribution in [1.29, 1.82) is 0 Å². The Hall–Kier alpha value is -3.59. The topological polar surface area (TPSA) is 67.6 Å². The standard InChI is InChI=1S/C29H30F2N4O2S/c1-34(38(2,36)37)29-26-21(16-15-20-13-14-20)17-18-24(28(26)35(33-29)19-25(30)31)32-27(22-9-5-3-6-10-22)23-11-7-4-8-12-23/h3-12,17-18,20,25H,13-16,19H2,1-2H3. The molecule has 198 valence electrons. The van der Waals surface area contributed by atoms with Crippen LogP contribution in [0.4, 0.5) is 20.3 Å². The predicted molar refractivity (Wildman–Crippen MR) is 148 cm³/mol. The molecule has 1 saturated carbocycles. The molecule has 0 aliphatic heterocycles. The van der Waals surface area contributed by atoms with E-state index in [0.29, 0.717) is 34.6 Å². The van der Waals surface area contributed by atoms with Gasteiger partial charge in [0.1, 0.15) is 6.54 Å². The van der Waals surface area contributed by atoms with E-state index in [9.17, 15) is 17.2 Å². The number of anilines is 1. The van der Waals surface area contributed by atoms with Crippen LogP contribution in [-0.4, -0.2) is 43.6 Å². The second-order valence-electron chi connectivity index (χ2n) is 9.77. The number of sulfonamides is 1. The summed E-state index contributed by atoms with van der Waals surface area (Å²) >= 11 is 0. The fraction of sp³-hybridized carbons (Fsp3) is 0.310. The summed E-state index contributed by atoms with van der Waals surface area (Å²) in [5.41, 5.74) is 4.18. The quantitative estimate of drug-likeness (QED) is 0.226. The van der Waals surface area contributed by atoms with Gasteiger partial charge in [-0.25, -0.2) is 22.2 Å². The highest BCUT2D eigenvalue weighted by atomic mass is 32.2. The van der Waals surface area contributed by atoms with Gasteiger partial charge in [-0.3, -0.25) is 8.99 Å². The Morgan fingerprint density at radius 3 is 2.16 bits per heavy atom. The Labute approximate surface area is 221 Å². The lowest BCUT2D eigenvalue weighted by molar-refractivity contribution is 0.123. The van der Waals surface area contributed by atoms with Crippen LogP contribution in [0, 0.1) is 5.92 Å². The number of hydrogen-bond acceptors (Lipinski definition) is 4. The molecule has 5 rings (SSSR count). The average molecular weight is 537 g/mol. The molecule has 38 heavy (non-hydrogen) atoms. The van der Waals surface area contributed by atoms with Crippen LogP contribution in [0.5, 0.6) is 0 Å². The number of alkyl halides is 2. The Morgan fingerprint density at radius 1 is 1.03 bits per heavy atom. The average Bonchev–Trinajstić information content (AvgIpc) is 3.66. The summed E-state index contributed by atoms with van der Waals surface area (Å²) in [6.07, 6.45) is 2.44. The van der Waals surface area contributed by atoms with Crippen molar-refractivity contribution >= 4 is 38.1 Å². The zero-order valence-electron chi connectivity index (χ0n) is 21.4. The molecule has 0 unspecified atom stereocenters. The highest BCUT2D eigenvalue weighted by molar-refractivity contribution is 7.92. The van der Waals surface area contributed by atoms with Crippen molar-refractivity contribution in [3.63, 3.8) is 0 Å². The van der Waals surface area contributed by atoms with Gasteiger partial charge in [-0.15, -0.1) is 0 Å². The second-order valence-corrected chi connectivity index (χ2v) is 11.8. The van der Waals surface area contributed by atoms with E-state index in [4.69, 9.17) is 4.99 Å². The van der Waals surface area contributed by atoms with Crippen LogP contribution in [-0.2, 0) is 23.0 Å². The van der Waals surface area contributed by atoms with E-state index in [2.05, 4.69) is 5.10 Å². The summed E-state index contributed by atoms with van der Waals surface area (Å²) in [4.78, 5) is 5.02. The molecule has 0 atom stereocenters. The van der Waals surface area contributed by atoms with Crippen molar-refractivity contribution in [2.45, 2.75) is 38.7 Å². The zero-order chi connectivity index (χ0) is 26.9. The van der Waals surface area contributed by atoms with Crippen molar-refractivity contribution in [3.05, 3.63) is 89.5 Å². The first kappa shape index (κ1) is 26.0. The minimum atomic E-state index is -3.69. The van der Waals surface area contributed by atoms with Crippen LogP contribution in [0.15, 0.2) is 77.8 Å². The number of fused-ring (bicyclic) bond motifs is 1. The van der Waals surface area contributed by atoms with E-state index in [1.165, 1.54) is 24.6 Å². The number of aromatic nitrogens is 2. The molecule has 0 saturated heterocycles. The molecule has 0 bridgehead atoms. The molecule has 1 aliphatic rings. The number of rotatable bonds is 10. The van der Waals surface area contributed by atoms with Crippen LogP contribution < -0.4 is 4.31 Å². The lowest BCUT2D eigenvalue weighted by atomic mass is 10.0. The molecular formula is C29H30F2N4O2S. The van der Waals surface area contributed by atoms with Gasteiger partial charge in [-0.2, -0.15) is 5.10 Å². The largest absolute Gasteiger partial charge is 0.257 e. The molecule has 1 aliphatic carbocycles. The lowest BCUT2D eigenvalue weighted by Gasteiger charge is -2.15. The first-order valence-electron chi connectivity index (χ1n) is 12.7. The Morgan fingerprint density at radius 2 is 1.63 bits per heavy atom. The molecule has 0 spiro atoms. The fourth-order valence-electron chi connectivity index (χ4n) is 4.66. The maximum absolute atomic E-state index is 13.8. The van der Waals surface area contributed by atoms with Crippen LogP contribution in [0.1, 0.15) is 36.0 Å². The van der Waals surface area contributed by atoms with Gasteiger partial charge in [0, 0.05) is 18.2 Å². The summed E-state index contributed by atoms with van der Waals surface area (Å²) in [6.45, 7) is -0.672. The van der Waals surface area contributed by atoms with Gasteiger partial charge in [-0.05, 0) is 30.4 Å². The van der Waals surface area contributed by atoms with Gasteiger partial charge < -0.3 is 0 Å². The van der Waals surface area contributed by atoms with Gasteiger partial charge in [-0.1, -0.05) is 79.6 Å². The van der Waals surface area contributed by atoms with Crippen molar-refractivity contribution in [2.75, 3.05) is 17.6 Å². The first-order chi connectivity index (χ1) is 18.2. The predicted octanol–water partition coefficient (Wildman–Crippen LogP) is 6.21. The number of halogens is 2. The number of hydrogen-bond donors (Lipinski definition) is 0. The monoisotopic (exact) mass is 536 g/mol. The van der Waals surface area contributed by atoms with Crippen LogP contribution >= 0.6 is 0 Å². The normalized spacial score (nSPS) is 13.7. The SMILES string of the molecule is CN(c1nn(CC(F)F)c2c(N=C(c3ccccc3)c3ccccc3)ccc(CCC3CC3)c12)S(C)(=O)=O. The van der Waals surface area contributed by atoms with Gasteiger partial charge >= 0.3 is 0 Å². The van der Waals surface area contributed by atoms with E-state index in [-0.39, 0.29) is 5.82 Å². The number of aryl methyl sites for hydroxylation is 1. The molecule has 0 radical (unpaired) electrons. The van der Waals surface area contributed by atoms with Crippen molar-refractivity contribution in [2.24, 2.45) is 10.9 Å². The van der Waals surface area contributed by atoms with Gasteiger partial charge in [0.05, 0.1) is 28.6 Å². The van der Waals surface area contributed by atoms with Crippen molar-refractivity contribution in [3.8, 4) is 0 Å². The smallest absolute Gasteiger partial charge is 0.255 e. The minimum Gasteiger partial charge on any atom is -0.255 e. The Balaban J connectivity index is 1.78. The van der Waals surface area contributed by atoms with Crippen LogP contribution in [0.25, 0.3) is 10.9 Å². The first-order valence-corrected chi connectivity index (χ1v) is 14.5. The van der Waals surface area contributed by atoms with Crippen LogP contribution in [0.2, 0.25) is 0 Å². The number of nitrogens with zero attached hydrogens (tertiary/aromatic N) is 4. The molecule has 3 aromatic carbocycles. The van der Waals surface area contributed by atoms with E-state index < -0.39 is 23.0 Å². The summed E-state index contributed by atoms with van der Waals surface area (Å²) < 4.78 is 54.8. The summed E-state index contributed by atoms with van der Waals surface area (Å²) in [5.74, 6) is 0.796. The molecule has 9 heteroatoms. The molecule has 0 amide bonds.